The van der Waals surface area contributed by atoms with Crippen molar-refractivity contribution in [2.75, 3.05) is 0 Å². The molecule has 0 bridgehead atoms. The summed E-state index contributed by atoms with van der Waals surface area (Å²) in [5.41, 5.74) is -0.577. The number of aromatic nitrogens is 7. The van der Waals surface area contributed by atoms with Gasteiger partial charge in [0, 0.05) is 18.7 Å². The van der Waals surface area contributed by atoms with Crippen LogP contribution in [0, 0.1) is 17.6 Å². The van der Waals surface area contributed by atoms with Crippen molar-refractivity contribution < 1.29 is 13.9 Å². The first kappa shape index (κ1) is 23.2. The van der Waals surface area contributed by atoms with Crippen LogP contribution in [0.25, 0.3) is 11.8 Å². The zero-order chi connectivity index (χ0) is 24.3. The minimum atomic E-state index is -1.66. The lowest BCUT2D eigenvalue weighted by atomic mass is 9.80. The van der Waals surface area contributed by atoms with Crippen molar-refractivity contribution in [2.45, 2.75) is 25.5 Å². The molecule has 2 atom stereocenters. The number of aryl methyl sites for hydroxylation is 1. The van der Waals surface area contributed by atoms with E-state index in [0.29, 0.717) is 12.1 Å². The van der Waals surface area contributed by atoms with Gasteiger partial charge in [-0.1, -0.05) is 37.3 Å². The fourth-order valence-electron chi connectivity index (χ4n) is 3.71. The van der Waals surface area contributed by atoms with Crippen LogP contribution in [0.5, 0.6) is 0 Å². The van der Waals surface area contributed by atoms with Gasteiger partial charge in [-0.3, -0.25) is 0 Å². The van der Waals surface area contributed by atoms with E-state index in [0.717, 1.165) is 22.4 Å². The molecule has 0 aliphatic rings. The zero-order valence-corrected chi connectivity index (χ0v) is 18.6. The second kappa shape index (κ2) is 9.48. The molecule has 0 aliphatic carbocycles. The van der Waals surface area contributed by atoms with Crippen LogP contribution >= 0.6 is 0 Å². The van der Waals surface area contributed by atoms with Crippen molar-refractivity contribution >= 4 is 6.08 Å². The molecule has 0 saturated heterocycles. The van der Waals surface area contributed by atoms with E-state index < -0.39 is 23.2 Å². The second-order valence-corrected chi connectivity index (χ2v) is 8.07. The Kier molecular flexibility index (Phi) is 6.46. The monoisotopic (exact) mass is 467 g/mol. The van der Waals surface area contributed by atoms with E-state index in [1.54, 1.807) is 19.1 Å². The predicted octanol–water partition coefficient (Wildman–Crippen LogP) is 2.46. The summed E-state index contributed by atoms with van der Waals surface area (Å²) in [6.45, 7) is 1.74. The maximum absolute atomic E-state index is 14.6. The molecule has 0 radical (unpaired) electrons. The average molecular weight is 467 g/mol. The lowest BCUT2D eigenvalue weighted by molar-refractivity contribution is -0.0379. The number of tetrazole rings is 1. The Balaban J connectivity index is 1.53. The van der Waals surface area contributed by atoms with Crippen LogP contribution in [0.4, 0.5) is 8.78 Å². The molecule has 9 nitrogen and oxygen atoms in total. The first-order chi connectivity index (χ1) is 16.3. The Morgan fingerprint density at radius 2 is 1.91 bits per heavy atom. The molecule has 4 aromatic rings. The van der Waals surface area contributed by atoms with Gasteiger partial charge in [0.2, 0.25) is 0 Å². The highest BCUT2D eigenvalue weighted by atomic mass is 19.1. The lowest BCUT2D eigenvalue weighted by Crippen LogP contribution is -2.39. The third-order valence-electron chi connectivity index (χ3n) is 5.74. The fraction of sp³-hybridized carbons (Fsp3) is 0.261. The summed E-state index contributed by atoms with van der Waals surface area (Å²) in [4.78, 5) is 15.8. The predicted molar refractivity (Wildman–Crippen MR) is 120 cm³/mol. The van der Waals surface area contributed by atoms with Crippen LogP contribution in [0.3, 0.4) is 0 Å². The van der Waals surface area contributed by atoms with E-state index >= 15 is 0 Å². The summed E-state index contributed by atoms with van der Waals surface area (Å²) in [5, 5.41) is 23.1. The van der Waals surface area contributed by atoms with Gasteiger partial charge in [0.1, 0.15) is 29.9 Å². The van der Waals surface area contributed by atoms with Gasteiger partial charge in [-0.15, -0.1) is 0 Å². The molecule has 0 aliphatic heterocycles. The van der Waals surface area contributed by atoms with Crippen molar-refractivity contribution in [3.8, 4) is 5.69 Å². The Hall–Kier alpha value is -3.99. The van der Waals surface area contributed by atoms with Crippen LogP contribution in [0.15, 0.2) is 66.0 Å². The quantitative estimate of drug-likeness (QED) is 0.427. The third-order valence-corrected chi connectivity index (χ3v) is 5.74. The number of rotatable bonds is 8. The molecule has 0 unspecified atom stereocenters. The molecule has 2 aromatic carbocycles. The first-order valence-electron chi connectivity index (χ1n) is 10.5. The van der Waals surface area contributed by atoms with E-state index in [-0.39, 0.29) is 17.8 Å². The minimum Gasteiger partial charge on any atom is -0.383 e. The number of hydrogen-bond donors (Lipinski definition) is 1. The molecule has 2 heterocycles. The summed E-state index contributed by atoms with van der Waals surface area (Å²) in [7, 11) is 1.52. The van der Waals surface area contributed by atoms with E-state index in [1.807, 2.05) is 24.3 Å². The highest BCUT2D eigenvalue weighted by molar-refractivity contribution is 5.51. The summed E-state index contributed by atoms with van der Waals surface area (Å²) in [6, 6.07) is 10.3. The second-order valence-electron chi connectivity index (χ2n) is 8.07. The molecule has 34 heavy (non-hydrogen) atoms. The molecule has 4 rings (SSSR count). The van der Waals surface area contributed by atoms with Crippen LogP contribution in [0.1, 0.15) is 24.5 Å². The topological polar surface area (TPSA) is 104 Å². The Bertz CT molecular complexity index is 1350. The highest BCUT2D eigenvalue weighted by Gasteiger charge is 2.38. The molecule has 0 saturated carbocycles. The van der Waals surface area contributed by atoms with Crippen LogP contribution in [-0.2, 0) is 19.2 Å². The molecular weight excluding hydrogens is 444 g/mol. The van der Waals surface area contributed by atoms with Crippen LogP contribution in [0.2, 0.25) is 0 Å². The third kappa shape index (κ3) is 4.69. The van der Waals surface area contributed by atoms with Gasteiger partial charge in [-0.25, -0.2) is 23.2 Å². The average Bonchev–Trinajstić information content (AvgIpc) is 3.44. The van der Waals surface area contributed by atoms with Gasteiger partial charge >= 0.3 is 5.69 Å². The SMILES string of the molecule is C[C@@H](C/C=C/c1ccc(-n2nnn(C)c2=O)cc1)[C@](O)(Cn1cncn1)c1ccc(F)cc1F. The zero-order valence-electron chi connectivity index (χ0n) is 18.6. The van der Waals surface area contributed by atoms with Gasteiger partial charge in [0.05, 0.1) is 12.2 Å². The fourth-order valence-corrected chi connectivity index (χ4v) is 3.71. The van der Waals surface area contributed by atoms with Gasteiger partial charge < -0.3 is 5.11 Å². The highest BCUT2D eigenvalue weighted by Crippen LogP contribution is 2.35. The molecule has 1 N–H and O–H groups in total. The number of aliphatic hydroxyl groups is 1. The normalized spacial score (nSPS) is 14.4. The number of hydrogen-bond acceptors (Lipinski definition) is 6. The van der Waals surface area contributed by atoms with E-state index in [9.17, 15) is 18.7 Å². The molecule has 2 aromatic heterocycles. The smallest absolute Gasteiger partial charge is 0.368 e. The van der Waals surface area contributed by atoms with Gasteiger partial charge in [-0.05, 0) is 46.5 Å². The minimum absolute atomic E-state index is 0.0101. The van der Waals surface area contributed by atoms with Crippen molar-refractivity contribution in [1.29, 1.82) is 0 Å². The van der Waals surface area contributed by atoms with Crippen molar-refractivity contribution in [3.05, 3.63) is 94.4 Å². The summed E-state index contributed by atoms with van der Waals surface area (Å²) in [6.07, 6.45) is 6.87. The number of nitrogens with zero attached hydrogens (tertiary/aromatic N) is 7. The van der Waals surface area contributed by atoms with Crippen LogP contribution < -0.4 is 5.69 Å². The van der Waals surface area contributed by atoms with E-state index in [1.165, 1.54) is 35.1 Å². The Labute approximate surface area is 193 Å². The van der Waals surface area contributed by atoms with Crippen LogP contribution in [-0.4, -0.2) is 39.7 Å². The Morgan fingerprint density at radius 3 is 2.53 bits per heavy atom. The lowest BCUT2D eigenvalue weighted by Gasteiger charge is -2.34. The molecule has 0 amide bonds. The molecule has 0 spiro atoms. The maximum Gasteiger partial charge on any atom is 0.368 e. The van der Waals surface area contributed by atoms with Crippen molar-refractivity contribution in [2.24, 2.45) is 13.0 Å². The number of allylic oxidation sites excluding steroid dienone is 1. The van der Waals surface area contributed by atoms with Crippen molar-refractivity contribution in [1.82, 2.24) is 34.6 Å². The van der Waals surface area contributed by atoms with E-state index in [2.05, 4.69) is 20.5 Å². The molecule has 11 heteroatoms. The van der Waals surface area contributed by atoms with Gasteiger partial charge in [-0.2, -0.15) is 14.5 Å². The maximum atomic E-state index is 14.6. The summed E-state index contributed by atoms with van der Waals surface area (Å²) in [5.74, 6) is -2.00. The van der Waals surface area contributed by atoms with E-state index in [4.69, 9.17) is 0 Å². The summed E-state index contributed by atoms with van der Waals surface area (Å²) >= 11 is 0. The molecule has 176 valence electrons. The summed E-state index contributed by atoms with van der Waals surface area (Å²) < 4.78 is 31.9. The number of halogens is 2. The van der Waals surface area contributed by atoms with Gasteiger partial charge in [0.25, 0.3) is 0 Å². The van der Waals surface area contributed by atoms with Crippen molar-refractivity contribution in [3.63, 3.8) is 0 Å². The molecular formula is C23H23F2N7O2. The Morgan fingerprint density at radius 1 is 1.15 bits per heavy atom. The standard InChI is InChI=1S/C23H23F2N7O2/c1-16(4-3-5-17-6-9-19(10-7-17)32-22(33)30(2)28-29-32)23(34,13-31-15-26-14-27-31)20-11-8-18(24)12-21(20)25/h3,5-12,14-16,34H,4,13H2,1-2H3/b5-3+/t16-,23+/m0/s1. The largest absolute Gasteiger partial charge is 0.383 e. The molecule has 0 fully saturated rings. The first-order valence-corrected chi connectivity index (χ1v) is 10.5. The number of benzene rings is 2. The van der Waals surface area contributed by atoms with Gasteiger partial charge in [0.15, 0.2) is 0 Å².